The molecule has 5 nitrogen and oxygen atoms in total. The Morgan fingerprint density at radius 3 is 2.47 bits per heavy atom. The number of hydrogen-bond donors (Lipinski definition) is 1. The molecular formula is C24H31N3O2S. The Balaban J connectivity index is 1.51. The molecule has 0 spiro atoms. The lowest BCUT2D eigenvalue weighted by Gasteiger charge is -2.37. The Kier molecular flexibility index (Phi) is 6.27. The zero-order chi connectivity index (χ0) is 21.1. The zero-order valence-corrected chi connectivity index (χ0v) is 18.7. The minimum atomic E-state index is -3.49. The molecule has 2 aliphatic rings. The maximum Gasteiger partial charge on any atom is 0.233 e. The van der Waals surface area contributed by atoms with Crippen LogP contribution in [0.4, 0.5) is 5.69 Å². The second-order valence-corrected chi connectivity index (χ2v) is 10.1. The number of nitrogens with one attached hydrogen (secondary N) is 1. The van der Waals surface area contributed by atoms with Gasteiger partial charge in [0.25, 0.3) is 0 Å². The smallest absolute Gasteiger partial charge is 0.233 e. The molecular weight excluding hydrogens is 394 g/mol. The average Bonchev–Trinajstić information content (AvgIpc) is 2.74. The van der Waals surface area contributed by atoms with Gasteiger partial charge in [-0.3, -0.25) is 0 Å². The van der Waals surface area contributed by atoms with Crippen molar-refractivity contribution < 1.29 is 8.42 Å². The highest BCUT2D eigenvalue weighted by Crippen LogP contribution is 2.33. The Bertz CT molecular complexity index is 1010. The van der Waals surface area contributed by atoms with Crippen molar-refractivity contribution in [3.63, 3.8) is 0 Å². The van der Waals surface area contributed by atoms with Crippen LogP contribution in [-0.4, -0.2) is 52.6 Å². The van der Waals surface area contributed by atoms with E-state index in [4.69, 9.17) is 0 Å². The third-order valence-corrected chi connectivity index (χ3v) is 7.40. The van der Waals surface area contributed by atoms with Crippen LogP contribution in [0.1, 0.15) is 28.7 Å². The predicted octanol–water partition coefficient (Wildman–Crippen LogP) is 3.19. The van der Waals surface area contributed by atoms with Crippen LogP contribution in [0.25, 0.3) is 6.08 Å². The van der Waals surface area contributed by atoms with Crippen LogP contribution < -0.4 is 9.62 Å². The van der Waals surface area contributed by atoms with Crippen molar-refractivity contribution in [2.45, 2.75) is 32.2 Å². The number of benzene rings is 2. The van der Waals surface area contributed by atoms with Crippen molar-refractivity contribution in [1.29, 1.82) is 0 Å². The van der Waals surface area contributed by atoms with E-state index >= 15 is 0 Å². The van der Waals surface area contributed by atoms with Crippen LogP contribution in [0.2, 0.25) is 0 Å². The number of aryl methyl sites for hydroxylation is 1. The highest BCUT2D eigenvalue weighted by atomic mass is 32.2. The molecule has 30 heavy (non-hydrogen) atoms. The van der Waals surface area contributed by atoms with Gasteiger partial charge in [0.1, 0.15) is 0 Å². The molecule has 160 valence electrons. The van der Waals surface area contributed by atoms with Gasteiger partial charge in [0.2, 0.25) is 10.0 Å². The van der Waals surface area contributed by atoms with Gasteiger partial charge in [-0.25, -0.2) is 13.1 Å². The van der Waals surface area contributed by atoms with E-state index in [1.54, 1.807) is 6.08 Å². The molecule has 1 saturated heterocycles. The number of rotatable bonds is 5. The number of likely N-dealkylation sites (N-methyl/N-ethyl adjacent to an activating group) is 1. The third-order valence-electron chi connectivity index (χ3n) is 6.25. The molecule has 1 atom stereocenters. The van der Waals surface area contributed by atoms with E-state index in [0.29, 0.717) is 0 Å². The Labute approximate surface area is 180 Å². The fourth-order valence-corrected chi connectivity index (χ4v) is 5.57. The summed E-state index contributed by atoms with van der Waals surface area (Å²) in [6, 6.07) is 13.9. The fourth-order valence-electron chi connectivity index (χ4n) is 4.49. The van der Waals surface area contributed by atoms with Crippen molar-refractivity contribution in [3.8, 4) is 0 Å². The molecule has 1 aliphatic heterocycles. The van der Waals surface area contributed by atoms with E-state index in [-0.39, 0.29) is 6.04 Å². The zero-order valence-electron chi connectivity index (χ0n) is 17.8. The summed E-state index contributed by atoms with van der Waals surface area (Å²) in [7, 11) is -1.33. The molecule has 0 aromatic heterocycles. The highest BCUT2D eigenvalue weighted by Gasteiger charge is 2.27. The molecule has 0 saturated carbocycles. The van der Waals surface area contributed by atoms with Gasteiger partial charge in [0.15, 0.2) is 0 Å². The summed E-state index contributed by atoms with van der Waals surface area (Å²) in [6.45, 7) is 6.32. The van der Waals surface area contributed by atoms with Crippen molar-refractivity contribution in [2.24, 2.45) is 0 Å². The Morgan fingerprint density at radius 2 is 1.73 bits per heavy atom. The summed E-state index contributed by atoms with van der Waals surface area (Å²) in [5.74, 6) is 0. The van der Waals surface area contributed by atoms with Crippen LogP contribution >= 0.6 is 0 Å². The number of nitrogens with zero attached hydrogens (tertiary/aromatic N) is 2. The SMILES string of the molecule is Cc1ccc(N2CCN(C)CC2)c2c1CC[C@@H](NS(=O)(=O)C=Cc1ccccc1)C2. The number of sulfonamides is 1. The number of hydrogen-bond acceptors (Lipinski definition) is 4. The lowest BCUT2D eigenvalue weighted by molar-refractivity contribution is 0.312. The van der Waals surface area contributed by atoms with Crippen LogP contribution in [0, 0.1) is 6.92 Å². The third kappa shape index (κ3) is 4.94. The minimum Gasteiger partial charge on any atom is -0.369 e. The molecule has 2 aromatic rings. The molecule has 0 radical (unpaired) electrons. The maximum atomic E-state index is 12.7. The fraction of sp³-hybridized carbons (Fsp3) is 0.417. The second kappa shape index (κ2) is 8.92. The Hall–Kier alpha value is -2.15. The monoisotopic (exact) mass is 425 g/mol. The molecule has 0 amide bonds. The van der Waals surface area contributed by atoms with E-state index in [9.17, 15) is 8.42 Å². The van der Waals surface area contributed by atoms with Gasteiger partial charge in [0.05, 0.1) is 0 Å². The van der Waals surface area contributed by atoms with E-state index in [2.05, 4.69) is 40.6 Å². The predicted molar refractivity (Wildman–Crippen MR) is 124 cm³/mol. The van der Waals surface area contributed by atoms with Gasteiger partial charge in [0, 0.05) is 43.3 Å². The maximum absolute atomic E-state index is 12.7. The summed E-state index contributed by atoms with van der Waals surface area (Å²) in [4.78, 5) is 4.82. The van der Waals surface area contributed by atoms with Crippen molar-refractivity contribution in [2.75, 3.05) is 38.1 Å². The van der Waals surface area contributed by atoms with Gasteiger partial charge in [-0.1, -0.05) is 36.4 Å². The molecule has 1 aliphatic carbocycles. The van der Waals surface area contributed by atoms with E-state index < -0.39 is 10.0 Å². The van der Waals surface area contributed by atoms with Gasteiger partial charge in [-0.2, -0.15) is 0 Å². The van der Waals surface area contributed by atoms with Gasteiger partial charge in [-0.15, -0.1) is 0 Å². The molecule has 1 fully saturated rings. The lowest BCUT2D eigenvalue weighted by atomic mass is 9.84. The minimum absolute atomic E-state index is 0.0732. The largest absolute Gasteiger partial charge is 0.369 e. The second-order valence-electron chi connectivity index (χ2n) is 8.47. The Morgan fingerprint density at radius 1 is 1.00 bits per heavy atom. The van der Waals surface area contributed by atoms with Gasteiger partial charge in [-0.05, 0) is 67.6 Å². The molecule has 0 unspecified atom stereocenters. The van der Waals surface area contributed by atoms with E-state index in [1.165, 1.54) is 27.8 Å². The van der Waals surface area contributed by atoms with E-state index in [1.807, 2.05) is 30.3 Å². The number of piperazine rings is 1. The first-order valence-corrected chi connectivity index (χ1v) is 12.3. The quantitative estimate of drug-likeness (QED) is 0.799. The first-order chi connectivity index (χ1) is 14.4. The number of fused-ring (bicyclic) bond motifs is 1. The van der Waals surface area contributed by atoms with Crippen LogP contribution in [-0.2, 0) is 22.9 Å². The summed E-state index contributed by atoms with van der Waals surface area (Å²) in [5, 5.41) is 1.29. The van der Waals surface area contributed by atoms with E-state index in [0.717, 1.165) is 51.0 Å². The first kappa shape index (κ1) is 21.1. The standard InChI is InChI=1S/C24H31N3O2S/c1-19-8-11-24(27-15-13-26(2)14-16-27)23-18-21(9-10-22(19)23)25-30(28,29)17-12-20-6-4-3-5-7-20/h3-8,11-12,17,21,25H,9-10,13-16,18H2,1-2H3/t21-/m1/s1. The van der Waals surface area contributed by atoms with Crippen molar-refractivity contribution >= 4 is 21.8 Å². The molecule has 1 heterocycles. The summed E-state index contributed by atoms with van der Waals surface area (Å²) in [5.41, 5.74) is 6.21. The summed E-state index contributed by atoms with van der Waals surface area (Å²) in [6.07, 6.45) is 4.15. The molecule has 2 aromatic carbocycles. The van der Waals surface area contributed by atoms with Gasteiger partial charge >= 0.3 is 0 Å². The topological polar surface area (TPSA) is 52.6 Å². The van der Waals surface area contributed by atoms with Crippen LogP contribution in [0.3, 0.4) is 0 Å². The first-order valence-electron chi connectivity index (χ1n) is 10.7. The summed E-state index contributed by atoms with van der Waals surface area (Å²) >= 11 is 0. The average molecular weight is 426 g/mol. The number of anilines is 1. The highest BCUT2D eigenvalue weighted by molar-refractivity contribution is 7.92. The molecule has 4 rings (SSSR count). The lowest BCUT2D eigenvalue weighted by Crippen LogP contribution is -2.45. The van der Waals surface area contributed by atoms with Crippen LogP contribution in [0.5, 0.6) is 0 Å². The normalized spacial score (nSPS) is 20.5. The van der Waals surface area contributed by atoms with Crippen molar-refractivity contribution in [1.82, 2.24) is 9.62 Å². The molecule has 6 heteroatoms. The molecule has 1 N–H and O–H groups in total. The van der Waals surface area contributed by atoms with Crippen molar-refractivity contribution in [3.05, 3.63) is 70.1 Å². The van der Waals surface area contributed by atoms with Gasteiger partial charge < -0.3 is 9.80 Å². The molecule has 0 bridgehead atoms. The summed E-state index contributed by atoms with van der Waals surface area (Å²) < 4.78 is 28.2. The van der Waals surface area contributed by atoms with Crippen LogP contribution in [0.15, 0.2) is 47.9 Å².